The van der Waals surface area contributed by atoms with E-state index in [2.05, 4.69) is 19.9 Å². The summed E-state index contributed by atoms with van der Waals surface area (Å²) in [5.41, 5.74) is 8.87. The van der Waals surface area contributed by atoms with E-state index in [0.717, 1.165) is 18.0 Å². The lowest BCUT2D eigenvalue weighted by Gasteiger charge is -2.10. The number of halogens is 1. The van der Waals surface area contributed by atoms with Gasteiger partial charge in [-0.2, -0.15) is 9.97 Å². The molecule has 0 unspecified atom stereocenters. The maximum absolute atomic E-state index is 13.8. The number of pyridine rings is 1. The molecule has 4 rings (SSSR count). The van der Waals surface area contributed by atoms with Crippen LogP contribution in [-0.2, 0) is 6.54 Å². The molecule has 3 heterocycles. The van der Waals surface area contributed by atoms with Crippen LogP contribution in [0.5, 0.6) is 6.01 Å². The highest BCUT2D eigenvalue weighted by atomic mass is 19.1. The average molecular weight is 392 g/mol. The number of imidazole rings is 1. The second kappa shape index (κ2) is 7.63. The topological polar surface area (TPSA) is 109 Å². The minimum Gasteiger partial charge on any atom is -0.464 e. The number of aldehydes is 1. The largest absolute Gasteiger partial charge is 0.464 e. The SMILES string of the molecule is CCOc1nc(N)c2nc(-c3cncc(F)c3)n(Cc3ccc(C=O)cc3)c2n1. The van der Waals surface area contributed by atoms with Gasteiger partial charge in [0.25, 0.3) is 0 Å². The Morgan fingerprint density at radius 3 is 2.66 bits per heavy atom. The van der Waals surface area contributed by atoms with Gasteiger partial charge in [-0.1, -0.05) is 24.3 Å². The van der Waals surface area contributed by atoms with Gasteiger partial charge in [-0.25, -0.2) is 9.37 Å². The Morgan fingerprint density at radius 1 is 1.17 bits per heavy atom. The second-order valence-electron chi connectivity index (χ2n) is 6.27. The number of hydrogen-bond donors (Lipinski definition) is 1. The first-order valence-electron chi connectivity index (χ1n) is 8.90. The summed E-state index contributed by atoms with van der Waals surface area (Å²) in [5, 5.41) is 0. The van der Waals surface area contributed by atoms with Gasteiger partial charge in [0.2, 0.25) is 0 Å². The molecule has 0 aliphatic rings. The van der Waals surface area contributed by atoms with Crippen molar-refractivity contribution in [1.82, 2.24) is 24.5 Å². The van der Waals surface area contributed by atoms with Crippen LogP contribution in [0.3, 0.4) is 0 Å². The molecule has 4 aromatic rings. The summed E-state index contributed by atoms with van der Waals surface area (Å²) in [5.74, 6) is 0.130. The fraction of sp³-hybridized carbons (Fsp3) is 0.150. The molecule has 2 N–H and O–H groups in total. The summed E-state index contributed by atoms with van der Waals surface area (Å²) in [7, 11) is 0. The van der Waals surface area contributed by atoms with Gasteiger partial charge in [-0.3, -0.25) is 9.78 Å². The number of aromatic nitrogens is 5. The average Bonchev–Trinajstić information content (AvgIpc) is 3.08. The molecular formula is C20H17FN6O2. The van der Waals surface area contributed by atoms with Crippen molar-refractivity contribution in [2.75, 3.05) is 12.3 Å². The third kappa shape index (κ3) is 3.62. The van der Waals surface area contributed by atoms with E-state index in [9.17, 15) is 9.18 Å². The van der Waals surface area contributed by atoms with Gasteiger partial charge in [0.05, 0.1) is 19.3 Å². The lowest BCUT2D eigenvalue weighted by molar-refractivity contribution is 0.112. The molecule has 0 saturated carbocycles. The first-order chi connectivity index (χ1) is 14.1. The Balaban J connectivity index is 1.91. The second-order valence-corrected chi connectivity index (χ2v) is 6.27. The van der Waals surface area contributed by atoms with Crippen LogP contribution in [0.15, 0.2) is 42.7 Å². The van der Waals surface area contributed by atoms with Gasteiger partial charge in [-0.15, -0.1) is 0 Å². The highest BCUT2D eigenvalue weighted by molar-refractivity contribution is 5.86. The first kappa shape index (κ1) is 18.5. The van der Waals surface area contributed by atoms with E-state index in [-0.39, 0.29) is 11.8 Å². The van der Waals surface area contributed by atoms with Gasteiger partial charge in [0, 0.05) is 17.3 Å². The van der Waals surface area contributed by atoms with E-state index in [0.29, 0.717) is 41.3 Å². The van der Waals surface area contributed by atoms with Crippen LogP contribution in [0.1, 0.15) is 22.8 Å². The van der Waals surface area contributed by atoms with Gasteiger partial charge in [-0.05, 0) is 18.6 Å². The number of carbonyl (C=O) groups excluding carboxylic acids is 1. The fourth-order valence-corrected chi connectivity index (χ4v) is 2.98. The zero-order valence-electron chi connectivity index (χ0n) is 15.5. The lowest BCUT2D eigenvalue weighted by atomic mass is 10.1. The normalized spacial score (nSPS) is 11.0. The highest BCUT2D eigenvalue weighted by Gasteiger charge is 2.19. The van der Waals surface area contributed by atoms with Crippen molar-refractivity contribution >= 4 is 23.3 Å². The van der Waals surface area contributed by atoms with E-state index < -0.39 is 5.82 Å². The molecule has 1 aromatic carbocycles. The minimum absolute atomic E-state index is 0.138. The number of carbonyl (C=O) groups is 1. The third-order valence-electron chi connectivity index (χ3n) is 4.29. The number of nitrogens with zero attached hydrogens (tertiary/aromatic N) is 5. The number of hydrogen-bond acceptors (Lipinski definition) is 7. The van der Waals surface area contributed by atoms with Crippen LogP contribution in [0.4, 0.5) is 10.2 Å². The Labute approximate surface area is 165 Å². The molecule has 0 saturated heterocycles. The van der Waals surface area contributed by atoms with Crippen LogP contribution in [-0.4, -0.2) is 37.4 Å². The van der Waals surface area contributed by atoms with E-state index in [1.54, 1.807) is 16.7 Å². The predicted molar refractivity (Wildman–Crippen MR) is 105 cm³/mol. The van der Waals surface area contributed by atoms with Crippen LogP contribution in [0.25, 0.3) is 22.6 Å². The number of ether oxygens (including phenoxy) is 1. The van der Waals surface area contributed by atoms with Gasteiger partial charge < -0.3 is 15.0 Å². The quantitative estimate of drug-likeness (QED) is 0.503. The first-order valence-corrected chi connectivity index (χ1v) is 8.90. The maximum atomic E-state index is 13.8. The third-order valence-corrected chi connectivity index (χ3v) is 4.29. The van der Waals surface area contributed by atoms with Crippen molar-refractivity contribution in [3.63, 3.8) is 0 Å². The van der Waals surface area contributed by atoms with Crippen molar-refractivity contribution in [1.29, 1.82) is 0 Å². The fourth-order valence-electron chi connectivity index (χ4n) is 2.98. The summed E-state index contributed by atoms with van der Waals surface area (Å²) in [6, 6.07) is 8.58. The van der Waals surface area contributed by atoms with E-state index in [4.69, 9.17) is 10.5 Å². The maximum Gasteiger partial charge on any atom is 0.320 e. The van der Waals surface area contributed by atoms with Crippen molar-refractivity contribution in [2.24, 2.45) is 0 Å². The van der Waals surface area contributed by atoms with Crippen LogP contribution < -0.4 is 10.5 Å². The summed E-state index contributed by atoms with van der Waals surface area (Å²) in [6.45, 7) is 2.57. The number of nitrogens with two attached hydrogens (primary N) is 1. The number of anilines is 1. The Kier molecular flexibility index (Phi) is 4.86. The van der Waals surface area contributed by atoms with Gasteiger partial charge in [0.1, 0.15) is 17.9 Å². The Bertz CT molecular complexity index is 1190. The smallest absolute Gasteiger partial charge is 0.320 e. The molecule has 146 valence electrons. The van der Waals surface area contributed by atoms with E-state index >= 15 is 0 Å². The van der Waals surface area contributed by atoms with Crippen LogP contribution in [0.2, 0.25) is 0 Å². The van der Waals surface area contributed by atoms with E-state index in [1.165, 1.54) is 12.3 Å². The number of nitrogen functional groups attached to an aromatic ring is 1. The molecule has 3 aromatic heterocycles. The molecular weight excluding hydrogens is 375 g/mol. The monoisotopic (exact) mass is 392 g/mol. The number of fused-ring (bicyclic) bond motifs is 1. The molecule has 0 aliphatic heterocycles. The summed E-state index contributed by atoms with van der Waals surface area (Å²) < 4.78 is 21.0. The highest BCUT2D eigenvalue weighted by Crippen LogP contribution is 2.28. The standard InChI is InChI=1S/C20H17FN6O2/c1-2-29-20-25-17(22)16-19(26-20)27(10-12-3-5-13(11-28)6-4-12)18(24-16)14-7-15(21)9-23-8-14/h3-9,11H,2,10H2,1H3,(H2,22,25,26). The molecule has 0 spiro atoms. The Morgan fingerprint density at radius 2 is 1.97 bits per heavy atom. The summed E-state index contributed by atoms with van der Waals surface area (Å²) in [6.07, 6.45) is 3.42. The number of benzene rings is 1. The summed E-state index contributed by atoms with van der Waals surface area (Å²) >= 11 is 0. The zero-order valence-corrected chi connectivity index (χ0v) is 15.5. The lowest BCUT2D eigenvalue weighted by Crippen LogP contribution is -2.06. The zero-order chi connectivity index (χ0) is 20.4. The molecule has 8 nitrogen and oxygen atoms in total. The minimum atomic E-state index is -0.481. The predicted octanol–water partition coefficient (Wildman–Crippen LogP) is 2.87. The Hall–Kier alpha value is -3.88. The molecule has 0 bridgehead atoms. The van der Waals surface area contributed by atoms with Gasteiger partial charge in [0.15, 0.2) is 17.0 Å². The van der Waals surface area contributed by atoms with Crippen molar-refractivity contribution < 1.29 is 13.9 Å². The molecule has 0 fully saturated rings. The van der Waals surface area contributed by atoms with Gasteiger partial charge >= 0.3 is 6.01 Å². The molecule has 0 atom stereocenters. The molecule has 9 heteroatoms. The van der Waals surface area contributed by atoms with Crippen molar-refractivity contribution in [2.45, 2.75) is 13.5 Å². The van der Waals surface area contributed by atoms with Crippen molar-refractivity contribution in [3.05, 3.63) is 59.7 Å². The number of rotatable bonds is 6. The molecule has 0 amide bonds. The summed E-state index contributed by atoms with van der Waals surface area (Å²) in [4.78, 5) is 27.9. The van der Waals surface area contributed by atoms with Crippen LogP contribution >= 0.6 is 0 Å². The van der Waals surface area contributed by atoms with Crippen molar-refractivity contribution in [3.8, 4) is 17.4 Å². The van der Waals surface area contributed by atoms with E-state index in [1.807, 2.05) is 19.1 Å². The molecule has 0 radical (unpaired) electrons. The molecule has 0 aliphatic carbocycles. The van der Waals surface area contributed by atoms with Crippen LogP contribution in [0, 0.1) is 5.82 Å². The molecule has 29 heavy (non-hydrogen) atoms.